The number of hydrogen-bond acceptors (Lipinski definition) is 3. The number of aromatic nitrogens is 2. The van der Waals surface area contributed by atoms with E-state index in [1.807, 2.05) is 37.4 Å². The van der Waals surface area contributed by atoms with Crippen molar-refractivity contribution in [1.29, 1.82) is 0 Å². The zero-order valence-corrected chi connectivity index (χ0v) is 11.7. The molecular formula is C15H14N2OS. The number of carbonyl (C=O) groups is 1. The van der Waals surface area contributed by atoms with E-state index in [0.29, 0.717) is 6.54 Å². The average Bonchev–Trinajstić information content (AvgIpc) is 2.92. The molecule has 4 heteroatoms. The molecule has 2 aromatic heterocycles. The van der Waals surface area contributed by atoms with Crippen molar-refractivity contribution in [2.45, 2.75) is 20.4 Å². The van der Waals surface area contributed by atoms with Crippen molar-refractivity contribution >= 4 is 28.5 Å². The standard InChI is InChI=1S/C15H14N2OS/c1-10-11(2)19-15(16-10)8-17-7-12(9-18)13-5-3-4-6-14(13)17/h3-7,9H,8H2,1-2H3. The van der Waals surface area contributed by atoms with E-state index < -0.39 is 0 Å². The summed E-state index contributed by atoms with van der Waals surface area (Å²) in [5.41, 5.74) is 2.91. The molecule has 0 radical (unpaired) electrons. The van der Waals surface area contributed by atoms with Gasteiger partial charge in [-0.25, -0.2) is 4.98 Å². The van der Waals surface area contributed by atoms with Crippen LogP contribution >= 0.6 is 11.3 Å². The molecule has 96 valence electrons. The topological polar surface area (TPSA) is 34.9 Å². The zero-order chi connectivity index (χ0) is 13.4. The smallest absolute Gasteiger partial charge is 0.152 e. The molecule has 0 bridgehead atoms. The predicted molar refractivity (Wildman–Crippen MR) is 78.0 cm³/mol. The van der Waals surface area contributed by atoms with Gasteiger partial charge >= 0.3 is 0 Å². The van der Waals surface area contributed by atoms with Crippen molar-refractivity contribution < 1.29 is 4.79 Å². The molecule has 1 aromatic carbocycles. The first-order valence-corrected chi connectivity index (χ1v) is 6.96. The first-order chi connectivity index (χ1) is 9.19. The maximum Gasteiger partial charge on any atom is 0.152 e. The van der Waals surface area contributed by atoms with E-state index in [1.165, 1.54) is 4.88 Å². The first kappa shape index (κ1) is 12.1. The van der Waals surface area contributed by atoms with Crippen molar-refractivity contribution in [3.05, 3.63) is 51.6 Å². The fourth-order valence-corrected chi connectivity index (χ4v) is 3.19. The summed E-state index contributed by atoms with van der Waals surface area (Å²) in [5.74, 6) is 0. The minimum atomic E-state index is 0.716. The Labute approximate surface area is 115 Å². The Kier molecular flexibility index (Phi) is 2.95. The van der Waals surface area contributed by atoms with Crippen LogP contribution in [-0.4, -0.2) is 15.8 Å². The Hall–Kier alpha value is -1.94. The van der Waals surface area contributed by atoms with Crippen molar-refractivity contribution in [2.75, 3.05) is 0 Å². The molecule has 3 rings (SSSR count). The Morgan fingerprint density at radius 3 is 2.79 bits per heavy atom. The van der Waals surface area contributed by atoms with Gasteiger partial charge in [0.1, 0.15) is 5.01 Å². The number of hydrogen-bond donors (Lipinski definition) is 0. The van der Waals surface area contributed by atoms with Crippen molar-refractivity contribution in [2.24, 2.45) is 0 Å². The van der Waals surface area contributed by atoms with Crippen LogP contribution in [0.3, 0.4) is 0 Å². The number of fused-ring (bicyclic) bond motifs is 1. The number of carbonyl (C=O) groups excluding carboxylic acids is 1. The van der Waals surface area contributed by atoms with Crippen LogP contribution in [0.2, 0.25) is 0 Å². The number of para-hydroxylation sites is 1. The Morgan fingerprint density at radius 2 is 2.11 bits per heavy atom. The summed E-state index contributed by atoms with van der Waals surface area (Å²) in [5, 5.41) is 2.08. The quantitative estimate of drug-likeness (QED) is 0.682. The summed E-state index contributed by atoms with van der Waals surface area (Å²) < 4.78 is 2.09. The van der Waals surface area contributed by atoms with Gasteiger partial charge in [0.05, 0.1) is 12.2 Å². The molecule has 19 heavy (non-hydrogen) atoms. The number of rotatable bonds is 3. The van der Waals surface area contributed by atoms with Crippen LogP contribution in [0.5, 0.6) is 0 Å². The normalized spacial score (nSPS) is 11.1. The number of thiazole rings is 1. The third-order valence-corrected chi connectivity index (χ3v) is 4.38. The van der Waals surface area contributed by atoms with Gasteiger partial charge in [-0.15, -0.1) is 11.3 Å². The fraction of sp³-hybridized carbons (Fsp3) is 0.200. The molecule has 3 aromatic rings. The summed E-state index contributed by atoms with van der Waals surface area (Å²) in [6, 6.07) is 7.96. The lowest BCUT2D eigenvalue weighted by Crippen LogP contribution is -1.97. The summed E-state index contributed by atoms with van der Waals surface area (Å²) in [7, 11) is 0. The lowest BCUT2D eigenvalue weighted by Gasteiger charge is -2.01. The number of benzene rings is 1. The molecule has 0 spiro atoms. The molecule has 0 fully saturated rings. The average molecular weight is 270 g/mol. The van der Waals surface area contributed by atoms with Crippen LogP contribution in [0.1, 0.15) is 25.9 Å². The molecule has 0 aliphatic carbocycles. The molecule has 0 saturated heterocycles. The minimum absolute atomic E-state index is 0.716. The van der Waals surface area contributed by atoms with Crippen molar-refractivity contribution in [3.63, 3.8) is 0 Å². The zero-order valence-electron chi connectivity index (χ0n) is 10.9. The second-order valence-corrected chi connectivity index (χ2v) is 5.88. The molecule has 0 saturated carbocycles. The molecule has 2 heterocycles. The third-order valence-electron chi connectivity index (χ3n) is 3.32. The van der Waals surface area contributed by atoms with Crippen LogP contribution in [0, 0.1) is 13.8 Å². The second kappa shape index (κ2) is 4.63. The van der Waals surface area contributed by atoms with Crippen molar-refractivity contribution in [3.8, 4) is 0 Å². The summed E-state index contributed by atoms with van der Waals surface area (Å²) in [4.78, 5) is 16.9. The molecule has 0 aliphatic rings. The predicted octanol–water partition coefficient (Wildman–Crippen LogP) is 3.58. The molecule has 0 aliphatic heterocycles. The van der Waals surface area contributed by atoms with E-state index in [1.54, 1.807) is 11.3 Å². The highest BCUT2D eigenvalue weighted by Crippen LogP contribution is 2.23. The largest absolute Gasteiger partial charge is 0.340 e. The molecule has 0 unspecified atom stereocenters. The molecule has 0 atom stereocenters. The Balaban J connectivity index is 2.07. The third kappa shape index (κ3) is 2.08. The maximum atomic E-state index is 11.1. The van der Waals surface area contributed by atoms with Crippen LogP contribution in [0.4, 0.5) is 0 Å². The number of nitrogens with zero attached hydrogens (tertiary/aromatic N) is 2. The van der Waals surface area contributed by atoms with E-state index in [4.69, 9.17) is 0 Å². The maximum absolute atomic E-state index is 11.1. The van der Waals surface area contributed by atoms with E-state index >= 15 is 0 Å². The van der Waals surface area contributed by atoms with Gasteiger partial charge in [0.25, 0.3) is 0 Å². The number of aryl methyl sites for hydroxylation is 2. The molecule has 0 amide bonds. The van der Waals surface area contributed by atoms with Gasteiger partial charge in [-0.3, -0.25) is 4.79 Å². The summed E-state index contributed by atoms with van der Waals surface area (Å²) >= 11 is 1.71. The fourth-order valence-electron chi connectivity index (χ4n) is 2.25. The minimum Gasteiger partial charge on any atom is -0.340 e. The lowest BCUT2D eigenvalue weighted by atomic mass is 10.2. The van der Waals surface area contributed by atoms with Crippen LogP contribution in [0.25, 0.3) is 10.9 Å². The van der Waals surface area contributed by atoms with Gasteiger partial charge in [-0.2, -0.15) is 0 Å². The van der Waals surface area contributed by atoms with Crippen LogP contribution < -0.4 is 0 Å². The lowest BCUT2D eigenvalue weighted by molar-refractivity contribution is 0.112. The summed E-state index contributed by atoms with van der Waals surface area (Å²) in [6.45, 7) is 4.83. The molecular weight excluding hydrogens is 256 g/mol. The highest BCUT2D eigenvalue weighted by Gasteiger charge is 2.10. The van der Waals surface area contributed by atoms with E-state index in [0.717, 1.165) is 33.5 Å². The van der Waals surface area contributed by atoms with E-state index in [9.17, 15) is 4.79 Å². The first-order valence-electron chi connectivity index (χ1n) is 6.15. The molecule has 3 nitrogen and oxygen atoms in total. The molecule has 0 N–H and O–H groups in total. The van der Waals surface area contributed by atoms with Gasteiger partial charge in [0.15, 0.2) is 6.29 Å². The Bertz CT molecular complexity index is 735. The van der Waals surface area contributed by atoms with Gasteiger partial charge < -0.3 is 4.57 Å². The van der Waals surface area contributed by atoms with Gasteiger partial charge in [0.2, 0.25) is 0 Å². The van der Waals surface area contributed by atoms with Gasteiger partial charge in [0, 0.05) is 27.5 Å². The van der Waals surface area contributed by atoms with Gasteiger partial charge in [-0.1, -0.05) is 18.2 Å². The van der Waals surface area contributed by atoms with E-state index in [2.05, 4.69) is 16.5 Å². The summed E-state index contributed by atoms with van der Waals surface area (Å²) in [6.07, 6.45) is 2.82. The monoisotopic (exact) mass is 270 g/mol. The SMILES string of the molecule is Cc1nc(Cn2cc(C=O)c3ccccc32)sc1C. The highest BCUT2D eigenvalue weighted by atomic mass is 32.1. The van der Waals surface area contributed by atoms with Crippen molar-refractivity contribution in [1.82, 2.24) is 9.55 Å². The van der Waals surface area contributed by atoms with Crippen LogP contribution in [-0.2, 0) is 6.54 Å². The highest BCUT2D eigenvalue weighted by molar-refractivity contribution is 7.11. The van der Waals surface area contributed by atoms with E-state index in [-0.39, 0.29) is 0 Å². The van der Waals surface area contributed by atoms with Crippen LogP contribution in [0.15, 0.2) is 30.5 Å². The Morgan fingerprint density at radius 1 is 1.32 bits per heavy atom. The number of aldehydes is 1. The van der Waals surface area contributed by atoms with Gasteiger partial charge in [-0.05, 0) is 19.9 Å². The second-order valence-electron chi connectivity index (χ2n) is 4.60.